The van der Waals surface area contributed by atoms with Crippen LogP contribution >= 0.6 is 11.8 Å². The highest BCUT2D eigenvalue weighted by molar-refractivity contribution is 8.01. The first kappa shape index (κ1) is 19.8. The smallest absolute Gasteiger partial charge is 0.243 e. The van der Waals surface area contributed by atoms with Crippen molar-refractivity contribution in [2.24, 2.45) is 5.92 Å². The van der Waals surface area contributed by atoms with Gasteiger partial charge >= 0.3 is 0 Å². The first-order chi connectivity index (χ1) is 14.4. The molecule has 154 valence electrons. The first-order valence-electron chi connectivity index (χ1n) is 10.1. The highest BCUT2D eigenvalue weighted by Crippen LogP contribution is 2.53. The average Bonchev–Trinajstić information content (AvgIpc) is 3.20. The number of ketones is 1. The fourth-order valence-corrected chi connectivity index (χ4v) is 7.90. The molecule has 0 amide bonds. The van der Waals surface area contributed by atoms with Crippen LogP contribution in [0.1, 0.15) is 18.4 Å². The van der Waals surface area contributed by atoms with E-state index in [4.69, 9.17) is 0 Å². The van der Waals surface area contributed by atoms with Gasteiger partial charge in [0.1, 0.15) is 5.78 Å². The lowest BCUT2D eigenvalue weighted by atomic mass is 10.00. The molecule has 5 rings (SSSR count). The number of carbonyl (C=O) groups excluding carboxylic acids is 1. The van der Waals surface area contributed by atoms with Crippen molar-refractivity contribution in [1.29, 1.82) is 0 Å². The monoisotopic (exact) mass is 437 g/mol. The zero-order valence-electron chi connectivity index (χ0n) is 16.7. The van der Waals surface area contributed by atoms with E-state index in [0.717, 1.165) is 15.8 Å². The Labute approximate surface area is 181 Å². The summed E-state index contributed by atoms with van der Waals surface area (Å²) in [6, 6.07) is 21.5. The van der Waals surface area contributed by atoms with Gasteiger partial charge in [-0.1, -0.05) is 48.0 Å². The van der Waals surface area contributed by atoms with Crippen molar-refractivity contribution in [3.63, 3.8) is 0 Å². The minimum absolute atomic E-state index is 0.0432. The number of hydrogen-bond donors (Lipinski definition) is 0. The highest BCUT2D eigenvalue weighted by atomic mass is 32.2. The van der Waals surface area contributed by atoms with Crippen LogP contribution in [-0.4, -0.2) is 36.3 Å². The molecule has 0 spiro atoms. The molecule has 2 fully saturated rings. The maximum Gasteiger partial charge on any atom is 0.243 e. The summed E-state index contributed by atoms with van der Waals surface area (Å²) in [6.07, 6.45) is 0.885. The molecule has 2 aliphatic rings. The second kappa shape index (κ2) is 7.22. The molecule has 0 bridgehead atoms. The van der Waals surface area contributed by atoms with E-state index in [1.807, 2.05) is 31.2 Å². The summed E-state index contributed by atoms with van der Waals surface area (Å²) in [7, 11) is -3.57. The van der Waals surface area contributed by atoms with Crippen LogP contribution < -0.4 is 0 Å². The van der Waals surface area contributed by atoms with Gasteiger partial charge in [-0.05, 0) is 47.9 Å². The molecule has 1 saturated carbocycles. The van der Waals surface area contributed by atoms with Gasteiger partial charge in [0, 0.05) is 35.6 Å². The summed E-state index contributed by atoms with van der Waals surface area (Å²) in [6.45, 7) is 2.72. The summed E-state index contributed by atoms with van der Waals surface area (Å²) in [4.78, 5) is 13.8. The number of benzene rings is 3. The number of fused-ring (bicyclic) bond motifs is 2. The van der Waals surface area contributed by atoms with Crippen molar-refractivity contribution in [1.82, 2.24) is 4.31 Å². The maximum atomic E-state index is 13.3. The fourth-order valence-electron chi connectivity index (χ4n) is 4.70. The van der Waals surface area contributed by atoms with Crippen LogP contribution in [0.25, 0.3) is 10.8 Å². The number of hydrogen-bond acceptors (Lipinski definition) is 4. The van der Waals surface area contributed by atoms with Gasteiger partial charge in [-0.2, -0.15) is 4.31 Å². The maximum absolute atomic E-state index is 13.3. The molecule has 1 aliphatic carbocycles. The Bertz CT molecular complexity index is 1240. The van der Waals surface area contributed by atoms with E-state index in [2.05, 4.69) is 30.3 Å². The quantitative estimate of drug-likeness (QED) is 0.596. The second-order valence-corrected chi connectivity index (χ2v) is 11.8. The minimum atomic E-state index is -3.57. The standard InChI is InChI=1S/C24H23NO3S2/c1-17-6-10-23(11-7-17)30(27,28)25-15-20-13-21(26)14-24(20,16-25)29-22-9-8-18-4-2-3-5-19(18)12-22/h2-12,20H,13-16H2,1H3/t20-,24-/m0/s1. The molecule has 1 saturated heterocycles. The van der Waals surface area contributed by atoms with Gasteiger partial charge in [0.25, 0.3) is 0 Å². The third-order valence-electron chi connectivity index (χ3n) is 6.28. The Hall–Kier alpha value is -2.15. The summed E-state index contributed by atoms with van der Waals surface area (Å²) < 4.78 is 27.7. The molecule has 4 nitrogen and oxygen atoms in total. The van der Waals surface area contributed by atoms with Gasteiger partial charge in [-0.3, -0.25) is 4.79 Å². The third-order valence-corrected chi connectivity index (χ3v) is 9.61. The zero-order chi connectivity index (χ0) is 20.9. The van der Waals surface area contributed by atoms with Gasteiger partial charge in [0.2, 0.25) is 10.0 Å². The number of thioether (sulfide) groups is 1. The number of aryl methyl sites for hydroxylation is 1. The Kier molecular flexibility index (Phi) is 4.76. The van der Waals surface area contributed by atoms with Gasteiger partial charge in [0.15, 0.2) is 0 Å². The topological polar surface area (TPSA) is 54.5 Å². The average molecular weight is 438 g/mol. The lowest BCUT2D eigenvalue weighted by Gasteiger charge is -2.27. The first-order valence-corrected chi connectivity index (χ1v) is 12.4. The van der Waals surface area contributed by atoms with Crippen LogP contribution in [0.4, 0.5) is 0 Å². The predicted molar refractivity (Wildman–Crippen MR) is 120 cm³/mol. The molecule has 1 aliphatic heterocycles. The van der Waals surface area contributed by atoms with Crippen molar-refractivity contribution >= 4 is 38.3 Å². The van der Waals surface area contributed by atoms with Crippen molar-refractivity contribution in [3.8, 4) is 0 Å². The van der Waals surface area contributed by atoms with E-state index in [9.17, 15) is 13.2 Å². The Morgan fingerprint density at radius 3 is 2.50 bits per heavy atom. The van der Waals surface area contributed by atoms with Gasteiger partial charge in [-0.15, -0.1) is 11.8 Å². The number of nitrogens with zero attached hydrogens (tertiary/aromatic N) is 1. The number of carbonyl (C=O) groups is 1. The van der Waals surface area contributed by atoms with E-state index in [-0.39, 0.29) is 11.7 Å². The predicted octanol–water partition coefficient (Wildman–Crippen LogP) is 4.66. The largest absolute Gasteiger partial charge is 0.300 e. The molecule has 3 aromatic rings. The van der Waals surface area contributed by atoms with Crippen LogP contribution in [0.15, 0.2) is 76.5 Å². The normalized spacial score (nSPS) is 24.4. The van der Waals surface area contributed by atoms with Gasteiger partial charge in [-0.25, -0.2) is 8.42 Å². The lowest BCUT2D eigenvalue weighted by Crippen LogP contribution is -2.34. The molecule has 2 atom stereocenters. The van der Waals surface area contributed by atoms with Crippen LogP contribution in [0.3, 0.4) is 0 Å². The number of rotatable bonds is 4. The molecule has 1 heterocycles. The molecule has 0 N–H and O–H groups in total. The van der Waals surface area contributed by atoms with Crippen molar-refractivity contribution in [2.45, 2.75) is 34.3 Å². The van der Waals surface area contributed by atoms with Crippen LogP contribution in [0.5, 0.6) is 0 Å². The van der Waals surface area contributed by atoms with Crippen LogP contribution in [0, 0.1) is 12.8 Å². The minimum Gasteiger partial charge on any atom is -0.300 e. The summed E-state index contributed by atoms with van der Waals surface area (Å²) >= 11 is 1.68. The summed E-state index contributed by atoms with van der Waals surface area (Å²) in [5.74, 6) is 0.280. The molecular weight excluding hydrogens is 414 g/mol. The third kappa shape index (κ3) is 3.37. The zero-order valence-corrected chi connectivity index (χ0v) is 18.4. The van der Waals surface area contributed by atoms with Crippen LogP contribution in [-0.2, 0) is 14.8 Å². The van der Waals surface area contributed by atoms with Gasteiger partial charge < -0.3 is 0 Å². The Morgan fingerprint density at radius 1 is 1.00 bits per heavy atom. The van der Waals surface area contributed by atoms with Crippen molar-refractivity contribution in [2.75, 3.05) is 13.1 Å². The lowest BCUT2D eigenvalue weighted by molar-refractivity contribution is -0.117. The fraction of sp³-hybridized carbons (Fsp3) is 0.292. The van der Waals surface area contributed by atoms with E-state index in [0.29, 0.717) is 30.8 Å². The van der Waals surface area contributed by atoms with E-state index >= 15 is 0 Å². The molecule has 30 heavy (non-hydrogen) atoms. The van der Waals surface area contributed by atoms with Crippen molar-refractivity contribution < 1.29 is 13.2 Å². The molecule has 0 unspecified atom stereocenters. The Morgan fingerprint density at radius 2 is 1.73 bits per heavy atom. The summed E-state index contributed by atoms with van der Waals surface area (Å²) in [5, 5.41) is 2.33. The van der Waals surface area contributed by atoms with E-state index < -0.39 is 14.8 Å². The highest BCUT2D eigenvalue weighted by Gasteiger charge is 2.56. The molecule has 0 radical (unpaired) electrons. The molecule has 6 heteroatoms. The molecular formula is C24H23NO3S2. The number of sulfonamides is 1. The van der Waals surface area contributed by atoms with E-state index in [1.54, 1.807) is 28.2 Å². The second-order valence-electron chi connectivity index (χ2n) is 8.40. The Balaban J connectivity index is 1.46. The van der Waals surface area contributed by atoms with Crippen LogP contribution in [0.2, 0.25) is 0 Å². The van der Waals surface area contributed by atoms with Gasteiger partial charge in [0.05, 0.1) is 4.90 Å². The SMILES string of the molecule is Cc1ccc(S(=O)(=O)N2C[C@@H]3CC(=O)C[C@]3(Sc3ccc4ccccc4c3)C2)cc1. The summed E-state index contributed by atoms with van der Waals surface area (Å²) in [5.41, 5.74) is 1.03. The van der Waals surface area contributed by atoms with Crippen molar-refractivity contribution in [3.05, 3.63) is 72.3 Å². The molecule has 0 aromatic heterocycles. The number of Topliss-reactive ketones (excluding diaryl/α,β-unsaturated/α-hetero) is 1. The van der Waals surface area contributed by atoms with E-state index in [1.165, 1.54) is 5.39 Å². The molecule has 3 aromatic carbocycles.